The molecule has 0 bridgehead atoms. The summed E-state index contributed by atoms with van der Waals surface area (Å²) in [5.74, 6) is 0. The smallest absolute Gasteiger partial charge is 0.0953 e. The number of hydrogen-bond donors (Lipinski definition) is 1. The SMILES string of the molecule is CC(C)(C)NCc1cncn1C1(C)CCC1. The summed E-state index contributed by atoms with van der Waals surface area (Å²) < 4.78 is 2.36. The predicted octanol–water partition coefficient (Wildman–Crippen LogP) is 2.67. The van der Waals surface area contributed by atoms with Gasteiger partial charge in [-0.2, -0.15) is 0 Å². The molecule has 3 heteroatoms. The van der Waals surface area contributed by atoms with Gasteiger partial charge in [-0.25, -0.2) is 4.98 Å². The second-order valence-electron chi connectivity index (χ2n) is 6.21. The van der Waals surface area contributed by atoms with Crippen molar-refractivity contribution in [3.8, 4) is 0 Å². The average molecular weight is 221 g/mol. The van der Waals surface area contributed by atoms with E-state index in [0.29, 0.717) is 5.54 Å². The van der Waals surface area contributed by atoms with Crippen LogP contribution in [0.3, 0.4) is 0 Å². The van der Waals surface area contributed by atoms with Crippen molar-refractivity contribution in [3.63, 3.8) is 0 Å². The molecular formula is C13H23N3. The minimum absolute atomic E-state index is 0.162. The van der Waals surface area contributed by atoms with Crippen LogP contribution < -0.4 is 5.32 Å². The Kier molecular flexibility index (Phi) is 2.82. The van der Waals surface area contributed by atoms with Gasteiger partial charge in [0.05, 0.1) is 12.0 Å². The van der Waals surface area contributed by atoms with Crippen LogP contribution in [0.5, 0.6) is 0 Å². The van der Waals surface area contributed by atoms with Crippen LogP contribution in [0.4, 0.5) is 0 Å². The predicted molar refractivity (Wildman–Crippen MR) is 66.3 cm³/mol. The Morgan fingerprint density at radius 2 is 2.12 bits per heavy atom. The fourth-order valence-corrected chi connectivity index (χ4v) is 2.22. The molecule has 1 heterocycles. The lowest BCUT2D eigenvalue weighted by molar-refractivity contribution is 0.162. The van der Waals surface area contributed by atoms with E-state index in [1.807, 2.05) is 12.5 Å². The van der Waals surface area contributed by atoms with Gasteiger partial charge in [-0.05, 0) is 47.0 Å². The molecule has 1 N–H and O–H groups in total. The number of aromatic nitrogens is 2. The quantitative estimate of drug-likeness (QED) is 0.850. The molecular weight excluding hydrogens is 198 g/mol. The van der Waals surface area contributed by atoms with Gasteiger partial charge < -0.3 is 9.88 Å². The van der Waals surface area contributed by atoms with Crippen molar-refractivity contribution >= 4 is 0 Å². The molecule has 1 aromatic rings. The van der Waals surface area contributed by atoms with E-state index in [-0.39, 0.29) is 5.54 Å². The van der Waals surface area contributed by atoms with Crippen molar-refractivity contribution in [2.24, 2.45) is 0 Å². The van der Waals surface area contributed by atoms with E-state index in [4.69, 9.17) is 0 Å². The summed E-state index contributed by atoms with van der Waals surface area (Å²) in [5, 5.41) is 3.52. The van der Waals surface area contributed by atoms with Gasteiger partial charge >= 0.3 is 0 Å². The first-order valence-corrected chi connectivity index (χ1v) is 6.17. The summed E-state index contributed by atoms with van der Waals surface area (Å²) in [4.78, 5) is 4.29. The third-order valence-corrected chi connectivity index (χ3v) is 3.53. The zero-order chi connectivity index (χ0) is 11.8. The van der Waals surface area contributed by atoms with Crippen LogP contribution in [0.15, 0.2) is 12.5 Å². The number of rotatable bonds is 3. The minimum atomic E-state index is 0.162. The molecule has 3 nitrogen and oxygen atoms in total. The highest BCUT2D eigenvalue weighted by atomic mass is 15.1. The molecule has 0 radical (unpaired) electrons. The highest BCUT2D eigenvalue weighted by molar-refractivity contribution is 5.06. The topological polar surface area (TPSA) is 29.9 Å². The van der Waals surface area contributed by atoms with E-state index < -0.39 is 0 Å². The van der Waals surface area contributed by atoms with Crippen LogP contribution >= 0.6 is 0 Å². The molecule has 2 rings (SSSR count). The highest BCUT2D eigenvalue weighted by Gasteiger charge is 2.34. The first-order valence-electron chi connectivity index (χ1n) is 6.17. The molecule has 16 heavy (non-hydrogen) atoms. The summed E-state index contributed by atoms with van der Waals surface area (Å²) in [5.41, 5.74) is 1.79. The summed E-state index contributed by atoms with van der Waals surface area (Å²) in [6, 6.07) is 0. The normalized spacial score (nSPS) is 19.5. The lowest BCUT2D eigenvalue weighted by Gasteiger charge is -2.41. The first kappa shape index (κ1) is 11.6. The third kappa shape index (κ3) is 2.29. The minimum Gasteiger partial charge on any atom is -0.327 e. The fourth-order valence-electron chi connectivity index (χ4n) is 2.22. The van der Waals surface area contributed by atoms with Crippen molar-refractivity contribution in [2.45, 2.75) is 64.6 Å². The van der Waals surface area contributed by atoms with Gasteiger partial charge in [0.25, 0.3) is 0 Å². The van der Waals surface area contributed by atoms with Gasteiger partial charge in [-0.3, -0.25) is 0 Å². The Hall–Kier alpha value is -0.830. The number of imidazole rings is 1. The lowest BCUT2D eigenvalue weighted by atomic mass is 9.78. The molecule has 90 valence electrons. The summed E-state index contributed by atoms with van der Waals surface area (Å²) >= 11 is 0. The first-order chi connectivity index (χ1) is 7.41. The maximum atomic E-state index is 4.29. The number of hydrogen-bond acceptors (Lipinski definition) is 2. The van der Waals surface area contributed by atoms with Crippen LogP contribution in [0.1, 0.15) is 52.7 Å². The number of nitrogens with one attached hydrogen (secondary N) is 1. The van der Waals surface area contributed by atoms with Crippen LogP contribution in [0, 0.1) is 0 Å². The number of nitrogens with zero attached hydrogens (tertiary/aromatic N) is 2. The van der Waals surface area contributed by atoms with Gasteiger partial charge in [-0.15, -0.1) is 0 Å². The maximum Gasteiger partial charge on any atom is 0.0953 e. The fraction of sp³-hybridized carbons (Fsp3) is 0.769. The summed E-state index contributed by atoms with van der Waals surface area (Å²) in [6.45, 7) is 9.81. The molecule has 0 atom stereocenters. The van der Waals surface area contributed by atoms with Crippen molar-refractivity contribution in [3.05, 3.63) is 18.2 Å². The zero-order valence-corrected chi connectivity index (χ0v) is 10.9. The Morgan fingerprint density at radius 3 is 2.62 bits per heavy atom. The molecule has 1 saturated carbocycles. The zero-order valence-electron chi connectivity index (χ0n) is 10.9. The molecule has 0 amide bonds. The van der Waals surface area contributed by atoms with Crippen LogP contribution in [-0.2, 0) is 12.1 Å². The van der Waals surface area contributed by atoms with Crippen molar-refractivity contribution in [1.82, 2.24) is 14.9 Å². The Labute approximate surface area is 98.3 Å². The van der Waals surface area contributed by atoms with E-state index >= 15 is 0 Å². The van der Waals surface area contributed by atoms with Gasteiger partial charge in [0.1, 0.15) is 0 Å². The van der Waals surface area contributed by atoms with E-state index in [1.54, 1.807) is 0 Å². The molecule has 0 saturated heterocycles. The molecule has 0 aromatic carbocycles. The summed E-state index contributed by atoms with van der Waals surface area (Å²) in [7, 11) is 0. The second-order valence-corrected chi connectivity index (χ2v) is 6.21. The standard InChI is InChI=1S/C13H23N3/c1-12(2,3)15-9-11-8-14-10-16(11)13(4)6-5-7-13/h8,10,15H,5-7,9H2,1-4H3. The van der Waals surface area contributed by atoms with E-state index in [0.717, 1.165) is 6.54 Å². The van der Waals surface area contributed by atoms with Crippen molar-refractivity contribution < 1.29 is 0 Å². The van der Waals surface area contributed by atoms with Crippen LogP contribution in [0.25, 0.3) is 0 Å². The summed E-state index contributed by atoms with van der Waals surface area (Å²) in [6.07, 6.45) is 7.89. The molecule has 1 fully saturated rings. The largest absolute Gasteiger partial charge is 0.327 e. The van der Waals surface area contributed by atoms with E-state index in [1.165, 1.54) is 25.0 Å². The molecule has 1 aromatic heterocycles. The molecule has 0 aliphatic heterocycles. The molecule has 0 unspecified atom stereocenters. The molecule has 0 spiro atoms. The Balaban J connectivity index is 2.08. The molecule has 1 aliphatic carbocycles. The highest BCUT2D eigenvalue weighted by Crippen LogP contribution is 2.39. The van der Waals surface area contributed by atoms with Gasteiger partial charge in [-0.1, -0.05) is 0 Å². The lowest BCUT2D eigenvalue weighted by Crippen LogP contribution is -2.40. The average Bonchev–Trinajstić information content (AvgIpc) is 2.58. The van der Waals surface area contributed by atoms with Crippen LogP contribution in [-0.4, -0.2) is 15.1 Å². The van der Waals surface area contributed by atoms with Crippen LogP contribution in [0.2, 0.25) is 0 Å². The Bertz CT molecular complexity index is 355. The van der Waals surface area contributed by atoms with E-state index in [9.17, 15) is 0 Å². The van der Waals surface area contributed by atoms with Gasteiger partial charge in [0.15, 0.2) is 0 Å². The van der Waals surface area contributed by atoms with Crippen molar-refractivity contribution in [2.75, 3.05) is 0 Å². The maximum absolute atomic E-state index is 4.29. The monoisotopic (exact) mass is 221 g/mol. The second kappa shape index (κ2) is 3.88. The third-order valence-electron chi connectivity index (χ3n) is 3.53. The van der Waals surface area contributed by atoms with E-state index in [2.05, 4.69) is 42.6 Å². The Morgan fingerprint density at radius 1 is 1.44 bits per heavy atom. The van der Waals surface area contributed by atoms with Crippen molar-refractivity contribution in [1.29, 1.82) is 0 Å². The van der Waals surface area contributed by atoms with Gasteiger partial charge in [0.2, 0.25) is 0 Å². The molecule has 1 aliphatic rings. The van der Waals surface area contributed by atoms with Gasteiger partial charge in [0, 0.05) is 23.8 Å².